The summed E-state index contributed by atoms with van der Waals surface area (Å²) in [6.07, 6.45) is 4.77. The molecule has 1 N–H and O–H groups in total. The molecule has 0 saturated heterocycles. The fourth-order valence-electron chi connectivity index (χ4n) is 3.24. The second-order valence-corrected chi connectivity index (χ2v) is 6.19. The van der Waals surface area contributed by atoms with Gasteiger partial charge in [0.1, 0.15) is 6.10 Å². The van der Waals surface area contributed by atoms with E-state index >= 15 is 0 Å². The SMILES string of the molecule is O=C(c1ccccc1)[C@@H](O)CC1=CC[C@@H](c2ccccc2)CC1. The van der Waals surface area contributed by atoms with Gasteiger partial charge >= 0.3 is 0 Å². The van der Waals surface area contributed by atoms with Gasteiger partial charge in [-0.2, -0.15) is 0 Å². The first kappa shape index (κ1) is 15.7. The van der Waals surface area contributed by atoms with E-state index in [0.29, 0.717) is 17.9 Å². The highest BCUT2D eigenvalue weighted by Crippen LogP contribution is 2.33. The van der Waals surface area contributed by atoms with Crippen molar-refractivity contribution in [1.82, 2.24) is 0 Å². The maximum atomic E-state index is 12.2. The van der Waals surface area contributed by atoms with Crippen molar-refractivity contribution in [3.8, 4) is 0 Å². The predicted octanol–water partition coefficient (Wildman–Crippen LogP) is 4.51. The molecule has 0 amide bonds. The summed E-state index contributed by atoms with van der Waals surface area (Å²) in [5.41, 5.74) is 3.16. The van der Waals surface area contributed by atoms with Gasteiger partial charge in [-0.25, -0.2) is 0 Å². The molecule has 2 heteroatoms. The minimum absolute atomic E-state index is 0.184. The van der Waals surface area contributed by atoms with Gasteiger partial charge in [0.25, 0.3) is 0 Å². The summed E-state index contributed by atoms with van der Waals surface area (Å²) in [6.45, 7) is 0. The van der Waals surface area contributed by atoms with Crippen LogP contribution in [-0.2, 0) is 0 Å². The molecule has 0 fully saturated rings. The van der Waals surface area contributed by atoms with Gasteiger partial charge in [0.05, 0.1) is 0 Å². The Balaban J connectivity index is 1.59. The van der Waals surface area contributed by atoms with E-state index in [-0.39, 0.29) is 5.78 Å². The molecule has 0 aromatic heterocycles. The van der Waals surface area contributed by atoms with Crippen molar-refractivity contribution in [2.75, 3.05) is 0 Å². The van der Waals surface area contributed by atoms with Gasteiger partial charge in [-0.05, 0) is 30.7 Å². The van der Waals surface area contributed by atoms with Gasteiger partial charge in [-0.1, -0.05) is 72.3 Å². The van der Waals surface area contributed by atoms with Crippen LogP contribution in [0.1, 0.15) is 47.5 Å². The molecule has 0 bridgehead atoms. The zero-order chi connectivity index (χ0) is 16.1. The predicted molar refractivity (Wildman–Crippen MR) is 92.5 cm³/mol. The van der Waals surface area contributed by atoms with Crippen molar-refractivity contribution in [1.29, 1.82) is 0 Å². The highest BCUT2D eigenvalue weighted by molar-refractivity contribution is 5.99. The number of ketones is 1. The van der Waals surface area contributed by atoms with Crippen LogP contribution in [0, 0.1) is 0 Å². The van der Waals surface area contributed by atoms with E-state index in [2.05, 4.69) is 30.3 Å². The number of benzene rings is 2. The molecule has 0 heterocycles. The van der Waals surface area contributed by atoms with Crippen LogP contribution >= 0.6 is 0 Å². The Morgan fingerprint density at radius 1 is 1.04 bits per heavy atom. The van der Waals surface area contributed by atoms with Crippen LogP contribution in [0.5, 0.6) is 0 Å². The molecule has 0 saturated carbocycles. The van der Waals surface area contributed by atoms with Crippen LogP contribution in [-0.4, -0.2) is 17.0 Å². The molecular formula is C21H22O2. The van der Waals surface area contributed by atoms with E-state index in [1.165, 1.54) is 11.1 Å². The zero-order valence-electron chi connectivity index (χ0n) is 13.2. The second-order valence-electron chi connectivity index (χ2n) is 6.19. The monoisotopic (exact) mass is 306 g/mol. The van der Waals surface area contributed by atoms with E-state index < -0.39 is 6.10 Å². The number of carbonyl (C=O) groups is 1. The van der Waals surface area contributed by atoms with E-state index in [9.17, 15) is 9.90 Å². The van der Waals surface area contributed by atoms with E-state index in [1.54, 1.807) is 12.1 Å². The van der Waals surface area contributed by atoms with Crippen molar-refractivity contribution < 1.29 is 9.90 Å². The third kappa shape index (κ3) is 3.96. The molecule has 0 radical (unpaired) electrons. The molecule has 0 unspecified atom stereocenters. The fraction of sp³-hybridized carbons (Fsp3) is 0.286. The Bertz CT molecular complexity index is 674. The molecule has 118 valence electrons. The maximum absolute atomic E-state index is 12.2. The fourth-order valence-corrected chi connectivity index (χ4v) is 3.24. The van der Waals surface area contributed by atoms with Gasteiger partial charge in [0.2, 0.25) is 0 Å². The molecule has 0 aliphatic heterocycles. The zero-order valence-corrected chi connectivity index (χ0v) is 13.2. The first-order valence-corrected chi connectivity index (χ1v) is 8.24. The largest absolute Gasteiger partial charge is 0.385 e. The minimum atomic E-state index is -0.933. The van der Waals surface area contributed by atoms with E-state index in [0.717, 1.165) is 19.3 Å². The molecule has 2 aromatic rings. The third-order valence-corrected chi connectivity index (χ3v) is 4.59. The summed E-state index contributed by atoms with van der Waals surface area (Å²) in [5.74, 6) is 0.374. The lowest BCUT2D eigenvalue weighted by molar-refractivity contribution is 0.0745. The first-order valence-electron chi connectivity index (χ1n) is 8.24. The van der Waals surface area contributed by atoms with E-state index in [1.807, 2.05) is 24.3 Å². The van der Waals surface area contributed by atoms with Gasteiger partial charge < -0.3 is 5.11 Å². The molecule has 2 atom stereocenters. The molecule has 2 aromatic carbocycles. The number of hydrogen-bond acceptors (Lipinski definition) is 2. The lowest BCUT2D eigenvalue weighted by atomic mass is 9.83. The Hall–Kier alpha value is -2.19. The number of allylic oxidation sites excluding steroid dienone is 1. The molecule has 1 aliphatic carbocycles. The summed E-state index contributed by atoms with van der Waals surface area (Å²) < 4.78 is 0. The van der Waals surface area contributed by atoms with Crippen molar-refractivity contribution in [2.45, 2.75) is 37.7 Å². The van der Waals surface area contributed by atoms with Crippen molar-refractivity contribution in [3.63, 3.8) is 0 Å². The highest BCUT2D eigenvalue weighted by Gasteiger charge is 2.21. The average molecular weight is 306 g/mol. The smallest absolute Gasteiger partial charge is 0.191 e. The minimum Gasteiger partial charge on any atom is -0.385 e. The number of carbonyl (C=O) groups excluding carboxylic acids is 1. The lowest BCUT2D eigenvalue weighted by Gasteiger charge is -2.23. The van der Waals surface area contributed by atoms with Crippen molar-refractivity contribution >= 4 is 5.78 Å². The van der Waals surface area contributed by atoms with Crippen LogP contribution in [0.4, 0.5) is 0 Å². The van der Waals surface area contributed by atoms with Gasteiger partial charge in [-0.3, -0.25) is 4.79 Å². The Labute approximate surface area is 137 Å². The molecule has 2 nitrogen and oxygen atoms in total. The van der Waals surface area contributed by atoms with Gasteiger partial charge in [0.15, 0.2) is 5.78 Å². The normalized spacial score (nSPS) is 19.0. The van der Waals surface area contributed by atoms with Gasteiger partial charge in [-0.15, -0.1) is 0 Å². The van der Waals surface area contributed by atoms with Crippen LogP contribution in [0.25, 0.3) is 0 Å². The number of hydrogen-bond donors (Lipinski definition) is 1. The molecule has 23 heavy (non-hydrogen) atoms. The number of aliphatic hydroxyl groups excluding tert-OH is 1. The highest BCUT2D eigenvalue weighted by atomic mass is 16.3. The molecular weight excluding hydrogens is 284 g/mol. The standard InChI is InChI=1S/C21H22O2/c22-20(21(23)19-9-5-2-6-10-19)15-16-11-13-18(14-12-16)17-7-3-1-4-8-17/h1-11,18,20,22H,12-15H2/t18-,20+/m1/s1. The number of rotatable bonds is 5. The third-order valence-electron chi connectivity index (χ3n) is 4.59. The molecule has 0 spiro atoms. The lowest BCUT2D eigenvalue weighted by Crippen LogP contribution is -2.21. The van der Waals surface area contributed by atoms with E-state index in [4.69, 9.17) is 0 Å². The van der Waals surface area contributed by atoms with Crippen LogP contribution < -0.4 is 0 Å². The van der Waals surface area contributed by atoms with Crippen molar-refractivity contribution in [3.05, 3.63) is 83.4 Å². The van der Waals surface area contributed by atoms with Crippen LogP contribution in [0.2, 0.25) is 0 Å². The van der Waals surface area contributed by atoms with Crippen molar-refractivity contribution in [2.24, 2.45) is 0 Å². The topological polar surface area (TPSA) is 37.3 Å². The summed E-state index contributed by atoms with van der Waals surface area (Å²) in [7, 11) is 0. The quantitative estimate of drug-likeness (QED) is 0.651. The Morgan fingerprint density at radius 3 is 2.30 bits per heavy atom. The van der Waals surface area contributed by atoms with Crippen LogP contribution in [0.15, 0.2) is 72.3 Å². The average Bonchev–Trinajstić information content (AvgIpc) is 2.63. The first-order chi connectivity index (χ1) is 11.2. The Kier molecular flexibility index (Phi) is 5.04. The second kappa shape index (κ2) is 7.38. The summed E-state index contributed by atoms with van der Waals surface area (Å²) >= 11 is 0. The molecule has 3 rings (SSSR count). The summed E-state index contributed by atoms with van der Waals surface area (Å²) in [4.78, 5) is 12.2. The Morgan fingerprint density at radius 2 is 1.70 bits per heavy atom. The summed E-state index contributed by atoms with van der Waals surface area (Å²) in [5, 5.41) is 10.2. The summed E-state index contributed by atoms with van der Waals surface area (Å²) in [6, 6.07) is 19.6. The molecule has 1 aliphatic rings. The van der Waals surface area contributed by atoms with Gasteiger partial charge in [0, 0.05) is 12.0 Å². The number of Topliss-reactive ketones (excluding diaryl/α,β-unsaturated/α-hetero) is 1. The van der Waals surface area contributed by atoms with Crippen LogP contribution in [0.3, 0.4) is 0 Å². The maximum Gasteiger partial charge on any atom is 0.191 e. The number of aliphatic hydroxyl groups is 1.